The van der Waals surface area contributed by atoms with Crippen LogP contribution in [0.15, 0.2) is 60.0 Å². The predicted molar refractivity (Wildman–Crippen MR) is 118 cm³/mol. The number of rotatable bonds is 6. The topological polar surface area (TPSA) is 49.4 Å². The second-order valence-corrected chi connectivity index (χ2v) is 8.84. The average Bonchev–Trinajstić information content (AvgIpc) is 3.45. The fourth-order valence-corrected chi connectivity index (χ4v) is 4.04. The summed E-state index contributed by atoms with van der Waals surface area (Å²) in [4.78, 5) is 27.8. The van der Waals surface area contributed by atoms with Gasteiger partial charge in [0.15, 0.2) is 0 Å². The summed E-state index contributed by atoms with van der Waals surface area (Å²) in [5.41, 5.74) is 0.545. The first kappa shape index (κ1) is 22.4. The van der Waals surface area contributed by atoms with Gasteiger partial charge >= 0.3 is 6.18 Å². The van der Waals surface area contributed by atoms with Crippen LogP contribution in [0.4, 0.5) is 18.9 Å². The van der Waals surface area contributed by atoms with Crippen LogP contribution < -0.4 is 5.32 Å². The van der Waals surface area contributed by atoms with Crippen molar-refractivity contribution in [3.8, 4) is 0 Å². The van der Waals surface area contributed by atoms with Gasteiger partial charge in [-0.3, -0.25) is 9.59 Å². The number of hydrogen-bond donors (Lipinski definition) is 1. The van der Waals surface area contributed by atoms with E-state index in [1.807, 2.05) is 0 Å². The van der Waals surface area contributed by atoms with E-state index in [0.29, 0.717) is 26.7 Å². The van der Waals surface area contributed by atoms with Crippen LogP contribution in [-0.2, 0) is 12.7 Å². The summed E-state index contributed by atoms with van der Waals surface area (Å²) in [6, 6.07) is 12.9. The molecule has 0 radical (unpaired) electrons. The van der Waals surface area contributed by atoms with Crippen LogP contribution >= 0.6 is 22.9 Å². The van der Waals surface area contributed by atoms with Crippen molar-refractivity contribution in [1.29, 1.82) is 0 Å². The Morgan fingerprint density at radius 2 is 1.81 bits per heavy atom. The van der Waals surface area contributed by atoms with E-state index >= 15 is 0 Å². The molecule has 3 aromatic rings. The summed E-state index contributed by atoms with van der Waals surface area (Å²) < 4.78 is 38.4. The molecule has 0 bridgehead atoms. The molecule has 9 heteroatoms. The van der Waals surface area contributed by atoms with Gasteiger partial charge in [-0.15, -0.1) is 11.3 Å². The number of nitrogens with zero attached hydrogens (tertiary/aromatic N) is 1. The highest BCUT2D eigenvalue weighted by Crippen LogP contribution is 2.33. The Morgan fingerprint density at radius 1 is 1.09 bits per heavy atom. The third kappa shape index (κ3) is 5.14. The van der Waals surface area contributed by atoms with E-state index in [2.05, 4.69) is 5.32 Å². The minimum Gasteiger partial charge on any atom is -0.331 e. The zero-order valence-corrected chi connectivity index (χ0v) is 18.2. The summed E-state index contributed by atoms with van der Waals surface area (Å²) in [6.07, 6.45) is -2.73. The molecule has 4 rings (SSSR count). The van der Waals surface area contributed by atoms with E-state index in [4.69, 9.17) is 11.6 Å². The van der Waals surface area contributed by atoms with Crippen LogP contribution in [0.25, 0.3) is 0 Å². The monoisotopic (exact) mass is 478 g/mol. The van der Waals surface area contributed by atoms with Crippen molar-refractivity contribution in [3.63, 3.8) is 0 Å². The molecule has 0 unspecified atom stereocenters. The first-order valence-corrected chi connectivity index (χ1v) is 11.1. The zero-order chi connectivity index (χ0) is 22.9. The third-order valence-electron chi connectivity index (χ3n) is 5.09. The summed E-state index contributed by atoms with van der Waals surface area (Å²) in [7, 11) is 0. The van der Waals surface area contributed by atoms with E-state index < -0.39 is 11.7 Å². The second-order valence-electron chi connectivity index (χ2n) is 7.48. The molecule has 0 spiro atoms. The quantitative estimate of drug-likeness (QED) is 0.441. The normalized spacial score (nSPS) is 13.6. The minimum absolute atomic E-state index is 0.0321. The van der Waals surface area contributed by atoms with Crippen molar-refractivity contribution < 1.29 is 22.8 Å². The Hall–Kier alpha value is -2.84. The summed E-state index contributed by atoms with van der Waals surface area (Å²) in [6.45, 7) is 0.196. The van der Waals surface area contributed by atoms with Gasteiger partial charge in [0.25, 0.3) is 11.8 Å². The maximum absolute atomic E-state index is 13.2. The van der Waals surface area contributed by atoms with Gasteiger partial charge in [0, 0.05) is 18.2 Å². The van der Waals surface area contributed by atoms with E-state index in [1.54, 1.807) is 34.5 Å². The molecule has 32 heavy (non-hydrogen) atoms. The highest BCUT2D eigenvalue weighted by Gasteiger charge is 2.34. The number of carbonyl (C=O) groups is 2. The van der Waals surface area contributed by atoms with Crippen molar-refractivity contribution in [2.45, 2.75) is 31.6 Å². The average molecular weight is 479 g/mol. The van der Waals surface area contributed by atoms with Gasteiger partial charge in [0.1, 0.15) is 0 Å². The lowest BCUT2D eigenvalue weighted by atomic mass is 10.1. The predicted octanol–water partition coefficient (Wildman–Crippen LogP) is 6.48. The molecule has 4 nitrogen and oxygen atoms in total. The van der Waals surface area contributed by atoms with Crippen molar-refractivity contribution in [2.75, 3.05) is 5.32 Å². The van der Waals surface area contributed by atoms with Gasteiger partial charge in [-0.25, -0.2) is 0 Å². The maximum atomic E-state index is 13.2. The molecular formula is C23H18ClF3N2O2S. The van der Waals surface area contributed by atoms with Gasteiger partial charge in [0.2, 0.25) is 0 Å². The van der Waals surface area contributed by atoms with Crippen molar-refractivity contribution in [3.05, 3.63) is 86.6 Å². The van der Waals surface area contributed by atoms with Crippen LogP contribution in [0, 0.1) is 0 Å². The van der Waals surface area contributed by atoms with E-state index in [1.165, 1.54) is 29.5 Å². The zero-order valence-electron chi connectivity index (χ0n) is 16.7. The number of alkyl halides is 3. The Bertz CT molecular complexity index is 1130. The Kier molecular flexibility index (Phi) is 6.26. The van der Waals surface area contributed by atoms with E-state index in [0.717, 1.165) is 25.0 Å². The fourth-order valence-electron chi connectivity index (χ4n) is 3.26. The number of anilines is 1. The number of amides is 2. The summed E-state index contributed by atoms with van der Waals surface area (Å²) in [5.74, 6) is -0.592. The standard InChI is InChI=1S/C23H18ClF3N2O2S/c24-18-10-5-15(12-19(18)28-21(30)20-2-1-11-32-20)22(31)29(17-8-9-17)13-14-3-6-16(7-4-14)23(25,26)27/h1-7,10-12,17H,8-9,13H2,(H,28,30). The Labute approximate surface area is 191 Å². The van der Waals surface area contributed by atoms with Crippen molar-refractivity contribution in [1.82, 2.24) is 4.90 Å². The molecule has 1 aliphatic carbocycles. The van der Waals surface area contributed by atoms with Gasteiger partial charge < -0.3 is 10.2 Å². The van der Waals surface area contributed by atoms with Crippen LogP contribution in [0.2, 0.25) is 5.02 Å². The van der Waals surface area contributed by atoms with Crippen molar-refractivity contribution in [2.24, 2.45) is 0 Å². The molecule has 1 aliphatic rings. The van der Waals surface area contributed by atoms with Crippen LogP contribution in [0.1, 0.15) is 44.0 Å². The van der Waals surface area contributed by atoms with Gasteiger partial charge in [-0.1, -0.05) is 29.8 Å². The molecule has 1 fully saturated rings. The number of halogens is 4. The lowest BCUT2D eigenvalue weighted by Crippen LogP contribution is -2.32. The van der Waals surface area contributed by atoms with Crippen LogP contribution in [-0.4, -0.2) is 22.8 Å². The number of thiophene rings is 1. The Morgan fingerprint density at radius 3 is 2.41 bits per heavy atom. The molecule has 0 atom stereocenters. The largest absolute Gasteiger partial charge is 0.416 e. The van der Waals surface area contributed by atoms with Gasteiger partial charge in [0.05, 0.1) is 21.2 Å². The summed E-state index contributed by atoms with van der Waals surface area (Å²) >= 11 is 7.50. The van der Waals surface area contributed by atoms with Crippen LogP contribution in [0.3, 0.4) is 0 Å². The second kappa shape index (κ2) is 8.96. The van der Waals surface area contributed by atoms with Gasteiger partial charge in [-0.05, 0) is 60.2 Å². The first-order chi connectivity index (χ1) is 15.2. The lowest BCUT2D eigenvalue weighted by Gasteiger charge is -2.23. The molecule has 0 saturated heterocycles. The molecule has 0 aliphatic heterocycles. The van der Waals surface area contributed by atoms with Crippen LogP contribution in [0.5, 0.6) is 0 Å². The highest BCUT2D eigenvalue weighted by molar-refractivity contribution is 7.12. The van der Waals surface area contributed by atoms with Crippen molar-refractivity contribution >= 4 is 40.4 Å². The fraction of sp³-hybridized carbons (Fsp3) is 0.217. The number of carbonyl (C=O) groups excluding carboxylic acids is 2. The molecule has 166 valence electrons. The summed E-state index contributed by atoms with van der Waals surface area (Å²) in [5, 5.41) is 4.81. The molecule has 2 amide bonds. The number of hydrogen-bond acceptors (Lipinski definition) is 3. The van der Waals surface area contributed by atoms with E-state index in [9.17, 15) is 22.8 Å². The molecule has 1 saturated carbocycles. The maximum Gasteiger partial charge on any atom is 0.416 e. The number of nitrogens with one attached hydrogen (secondary N) is 1. The Balaban J connectivity index is 1.53. The highest BCUT2D eigenvalue weighted by atomic mass is 35.5. The molecular weight excluding hydrogens is 461 g/mol. The first-order valence-electron chi connectivity index (χ1n) is 9.84. The smallest absolute Gasteiger partial charge is 0.331 e. The van der Waals surface area contributed by atoms with E-state index in [-0.39, 0.29) is 24.4 Å². The molecule has 1 heterocycles. The molecule has 1 aromatic heterocycles. The SMILES string of the molecule is O=C(Nc1cc(C(=O)N(Cc2ccc(C(F)(F)F)cc2)C2CC2)ccc1Cl)c1cccs1. The third-order valence-corrected chi connectivity index (χ3v) is 6.29. The van der Waals surface area contributed by atoms with Gasteiger partial charge in [-0.2, -0.15) is 13.2 Å². The molecule has 2 aromatic carbocycles. The molecule has 1 N–H and O–H groups in total. The minimum atomic E-state index is -4.40. The number of benzene rings is 2. The lowest BCUT2D eigenvalue weighted by molar-refractivity contribution is -0.137.